The van der Waals surface area contributed by atoms with Crippen molar-refractivity contribution >= 4 is 22.8 Å². The Morgan fingerprint density at radius 3 is 2.41 bits per heavy atom. The maximum Gasteiger partial charge on any atom is 0.243 e. The number of nitrogens with zero attached hydrogens (tertiary/aromatic N) is 3. The highest BCUT2D eigenvalue weighted by Gasteiger charge is 2.27. The van der Waals surface area contributed by atoms with E-state index in [9.17, 15) is 9.59 Å². The van der Waals surface area contributed by atoms with E-state index >= 15 is 0 Å². The van der Waals surface area contributed by atoms with Crippen LogP contribution in [0.5, 0.6) is 5.75 Å². The summed E-state index contributed by atoms with van der Waals surface area (Å²) in [7, 11) is 1.63. The first-order valence-corrected chi connectivity index (χ1v) is 14.8. The molecule has 2 amide bonds. The third kappa shape index (κ3) is 7.54. The van der Waals surface area contributed by atoms with Crippen LogP contribution in [0.1, 0.15) is 55.5 Å². The lowest BCUT2D eigenvalue weighted by molar-refractivity contribution is -0.135. The van der Waals surface area contributed by atoms with E-state index in [1.165, 1.54) is 19.3 Å². The third-order valence-electron chi connectivity index (χ3n) is 7.98. The third-order valence-corrected chi connectivity index (χ3v) is 7.98. The van der Waals surface area contributed by atoms with Crippen LogP contribution in [0.25, 0.3) is 11.0 Å². The van der Waals surface area contributed by atoms with Gasteiger partial charge in [0.1, 0.15) is 18.1 Å². The van der Waals surface area contributed by atoms with Gasteiger partial charge in [-0.05, 0) is 54.7 Å². The normalized spacial score (nSPS) is 13.7. The van der Waals surface area contributed by atoms with Gasteiger partial charge in [0.2, 0.25) is 11.8 Å². The number of aromatic nitrogens is 2. The van der Waals surface area contributed by atoms with Crippen LogP contribution in [0, 0.1) is 0 Å². The zero-order valence-corrected chi connectivity index (χ0v) is 23.9. The summed E-state index contributed by atoms with van der Waals surface area (Å²) in [4.78, 5) is 33.4. The lowest BCUT2D eigenvalue weighted by atomic mass is 9.93. The molecule has 1 saturated carbocycles. The number of aryl methyl sites for hydroxylation is 1. The molecule has 3 aromatic carbocycles. The minimum atomic E-state index is -0.0112. The molecule has 1 aliphatic carbocycles. The molecule has 41 heavy (non-hydrogen) atoms. The molecule has 0 radical (unpaired) electrons. The van der Waals surface area contributed by atoms with Gasteiger partial charge in [-0.25, -0.2) is 4.98 Å². The van der Waals surface area contributed by atoms with Gasteiger partial charge in [0.05, 0.1) is 24.6 Å². The van der Waals surface area contributed by atoms with E-state index in [1.807, 2.05) is 66.7 Å². The monoisotopic (exact) mass is 552 g/mol. The molecule has 0 spiro atoms. The summed E-state index contributed by atoms with van der Waals surface area (Å²) in [6, 6.07) is 26.1. The number of benzene rings is 3. The maximum atomic E-state index is 14.0. The molecule has 0 unspecified atom stereocenters. The number of para-hydroxylation sites is 2. The van der Waals surface area contributed by atoms with Crippen molar-refractivity contribution in [3.8, 4) is 5.75 Å². The highest BCUT2D eigenvalue weighted by molar-refractivity contribution is 5.81. The summed E-state index contributed by atoms with van der Waals surface area (Å²) in [6.07, 6.45) is 7.46. The summed E-state index contributed by atoms with van der Waals surface area (Å²) in [5.41, 5.74) is 3.97. The fraction of sp³-hybridized carbons (Fsp3) is 0.382. The lowest BCUT2D eigenvalue weighted by Gasteiger charge is -2.35. The van der Waals surface area contributed by atoms with Crippen LogP contribution in [-0.2, 0) is 35.5 Å². The molecule has 4 aromatic rings. The van der Waals surface area contributed by atoms with Crippen molar-refractivity contribution in [2.45, 2.75) is 70.5 Å². The van der Waals surface area contributed by atoms with Crippen molar-refractivity contribution in [1.82, 2.24) is 19.8 Å². The molecule has 0 saturated heterocycles. The van der Waals surface area contributed by atoms with Gasteiger partial charge in [-0.1, -0.05) is 73.9 Å². The average Bonchev–Trinajstić information content (AvgIpc) is 3.36. The Hall–Kier alpha value is -4.13. The fourth-order valence-corrected chi connectivity index (χ4v) is 5.78. The number of ether oxygens (including phenoxy) is 1. The standard InChI is InChI=1S/C34H40N4O3/c1-41-29-20-18-26(19-21-29)23-33(39)35-22-10-17-32-36-30-15-8-9-16-31(30)38(32)25-34(40)37(28-13-6-3-7-14-28)24-27-11-4-2-5-12-27/h2,4-5,8-9,11-12,15-16,18-21,28H,3,6-7,10,13-14,17,22-25H2,1H3,(H,35,39). The number of nitrogens with one attached hydrogen (secondary N) is 1. The van der Waals surface area contributed by atoms with E-state index in [0.29, 0.717) is 25.9 Å². The molecular weight excluding hydrogens is 512 g/mol. The predicted molar refractivity (Wildman–Crippen MR) is 162 cm³/mol. The van der Waals surface area contributed by atoms with Gasteiger partial charge < -0.3 is 19.5 Å². The molecule has 1 fully saturated rings. The second-order valence-corrected chi connectivity index (χ2v) is 10.9. The summed E-state index contributed by atoms with van der Waals surface area (Å²) < 4.78 is 7.27. The van der Waals surface area contributed by atoms with Gasteiger partial charge in [-0.3, -0.25) is 9.59 Å². The van der Waals surface area contributed by atoms with E-state index in [4.69, 9.17) is 9.72 Å². The number of carbonyl (C=O) groups excluding carboxylic acids is 2. The van der Waals surface area contributed by atoms with Gasteiger partial charge in [0.15, 0.2) is 0 Å². The minimum Gasteiger partial charge on any atom is -0.497 e. The summed E-state index contributed by atoms with van der Waals surface area (Å²) in [6.45, 7) is 1.45. The molecule has 7 heteroatoms. The number of fused-ring (bicyclic) bond motifs is 1. The Labute approximate surface area is 242 Å². The zero-order valence-electron chi connectivity index (χ0n) is 23.9. The average molecular weight is 553 g/mol. The number of carbonyl (C=O) groups is 2. The fourth-order valence-electron chi connectivity index (χ4n) is 5.78. The molecular formula is C34H40N4O3. The SMILES string of the molecule is COc1ccc(CC(=O)NCCCc2nc3ccccc3n2CC(=O)N(Cc2ccccc2)C2CCCCC2)cc1. The first kappa shape index (κ1) is 28.4. The molecule has 1 aliphatic rings. The van der Waals surface area contributed by atoms with Crippen LogP contribution in [0.2, 0.25) is 0 Å². The van der Waals surface area contributed by atoms with E-state index < -0.39 is 0 Å². The number of rotatable bonds is 12. The highest BCUT2D eigenvalue weighted by atomic mass is 16.5. The topological polar surface area (TPSA) is 76.5 Å². The Morgan fingerprint density at radius 1 is 0.927 bits per heavy atom. The van der Waals surface area contributed by atoms with E-state index in [-0.39, 0.29) is 24.4 Å². The van der Waals surface area contributed by atoms with Crippen molar-refractivity contribution < 1.29 is 14.3 Å². The largest absolute Gasteiger partial charge is 0.497 e. The molecule has 0 aliphatic heterocycles. The molecule has 5 rings (SSSR count). The Balaban J connectivity index is 1.24. The van der Waals surface area contributed by atoms with Crippen molar-refractivity contribution in [1.29, 1.82) is 0 Å². The molecule has 1 N–H and O–H groups in total. The predicted octanol–water partition coefficient (Wildman–Crippen LogP) is 5.70. The molecule has 7 nitrogen and oxygen atoms in total. The summed E-state index contributed by atoms with van der Waals surface area (Å²) >= 11 is 0. The molecule has 0 bridgehead atoms. The second kappa shape index (κ2) is 14.0. The van der Waals surface area contributed by atoms with Crippen molar-refractivity contribution in [2.75, 3.05) is 13.7 Å². The van der Waals surface area contributed by atoms with Crippen molar-refractivity contribution in [3.05, 3.63) is 95.8 Å². The van der Waals surface area contributed by atoms with Crippen LogP contribution in [0.4, 0.5) is 0 Å². The van der Waals surface area contributed by atoms with Gasteiger partial charge in [-0.15, -0.1) is 0 Å². The van der Waals surface area contributed by atoms with E-state index in [0.717, 1.165) is 53.0 Å². The summed E-state index contributed by atoms with van der Waals surface area (Å²) in [5, 5.41) is 3.03. The first-order chi connectivity index (χ1) is 20.1. The summed E-state index contributed by atoms with van der Waals surface area (Å²) in [5.74, 6) is 1.78. The maximum absolute atomic E-state index is 14.0. The number of amides is 2. The second-order valence-electron chi connectivity index (χ2n) is 10.9. The number of methoxy groups -OCH3 is 1. The van der Waals surface area contributed by atoms with Crippen LogP contribution in [-0.4, -0.2) is 46.0 Å². The quantitative estimate of drug-likeness (QED) is 0.229. The zero-order chi connectivity index (χ0) is 28.4. The van der Waals surface area contributed by atoms with Crippen LogP contribution < -0.4 is 10.1 Å². The van der Waals surface area contributed by atoms with Crippen LogP contribution in [0.15, 0.2) is 78.9 Å². The van der Waals surface area contributed by atoms with Gasteiger partial charge in [0.25, 0.3) is 0 Å². The first-order valence-electron chi connectivity index (χ1n) is 14.8. The number of imidazole rings is 1. The van der Waals surface area contributed by atoms with E-state index in [2.05, 4.69) is 26.9 Å². The van der Waals surface area contributed by atoms with Gasteiger partial charge in [-0.2, -0.15) is 0 Å². The lowest BCUT2D eigenvalue weighted by Crippen LogP contribution is -2.42. The van der Waals surface area contributed by atoms with Crippen LogP contribution >= 0.6 is 0 Å². The Morgan fingerprint density at radius 2 is 1.66 bits per heavy atom. The molecule has 1 aromatic heterocycles. The minimum absolute atomic E-state index is 0.0112. The Kier molecular flexibility index (Phi) is 9.68. The molecule has 0 atom stereocenters. The van der Waals surface area contributed by atoms with Gasteiger partial charge in [0, 0.05) is 25.6 Å². The van der Waals surface area contributed by atoms with Crippen LogP contribution in [0.3, 0.4) is 0 Å². The Bertz CT molecular complexity index is 1430. The molecule has 214 valence electrons. The van der Waals surface area contributed by atoms with E-state index in [1.54, 1.807) is 7.11 Å². The van der Waals surface area contributed by atoms with Crippen molar-refractivity contribution in [3.63, 3.8) is 0 Å². The van der Waals surface area contributed by atoms with Crippen molar-refractivity contribution in [2.24, 2.45) is 0 Å². The number of hydrogen-bond acceptors (Lipinski definition) is 4. The highest BCUT2D eigenvalue weighted by Crippen LogP contribution is 2.26. The molecule has 1 heterocycles. The van der Waals surface area contributed by atoms with Gasteiger partial charge >= 0.3 is 0 Å². The smallest absolute Gasteiger partial charge is 0.243 e. The number of hydrogen-bond donors (Lipinski definition) is 1.